The van der Waals surface area contributed by atoms with Crippen molar-refractivity contribution >= 4 is 32.9 Å². The van der Waals surface area contributed by atoms with Crippen LogP contribution in [-0.2, 0) is 11.2 Å². The molecule has 0 radical (unpaired) electrons. The van der Waals surface area contributed by atoms with E-state index in [2.05, 4.69) is 0 Å². The molecule has 3 rings (SSSR count). The topological polar surface area (TPSA) is 92.5 Å². The highest BCUT2D eigenvalue weighted by Crippen LogP contribution is 2.55. The molecule has 0 aliphatic carbocycles. The number of anilines is 2. The molecule has 198 valence electrons. The minimum Gasteiger partial charge on any atom is -0.398 e. The molecule has 0 fully saturated rings. The highest BCUT2D eigenvalue weighted by atomic mass is 19.4. The maximum absolute atomic E-state index is 13.6. The second-order valence-electron chi connectivity index (χ2n) is 7.76. The molecule has 0 unspecified atom stereocenters. The lowest BCUT2D eigenvalue weighted by atomic mass is 9.83. The Balaban J connectivity index is 2.63. The Morgan fingerprint density at radius 1 is 0.500 bits per heavy atom. The van der Waals surface area contributed by atoms with Gasteiger partial charge in [-0.05, 0) is 40.4 Å². The lowest BCUT2D eigenvalue weighted by Gasteiger charge is -2.35. The Bertz CT molecular complexity index is 1310. The molecular weight excluding hydrogens is 528 g/mol. The van der Waals surface area contributed by atoms with E-state index in [9.17, 15) is 62.9 Å². The van der Waals surface area contributed by atoms with E-state index in [0.29, 0.717) is 18.2 Å². The van der Waals surface area contributed by atoms with Gasteiger partial charge >= 0.3 is 24.7 Å². The normalized spacial score (nSPS) is 14.6. The van der Waals surface area contributed by atoms with Crippen LogP contribution in [0.1, 0.15) is 11.1 Å². The standard InChI is InChI=1S/C20H12F12N2O2/c21-17(22,23)15(35,18(24,25)26)11-2-4-12(33)10-5-7-1-3-13(34)14(8(7)6-9(10)11)16(36,19(27,28)29)20(30,31)32/h1-6,35-36H,33-34H2. The highest BCUT2D eigenvalue weighted by Gasteiger charge is 2.73. The van der Waals surface area contributed by atoms with Gasteiger partial charge in [-0.1, -0.05) is 12.1 Å². The average molecular weight is 540 g/mol. The minimum absolute atomic E-state index is 0.0795. The molecule has 3 aromatic carbocycles. The third-order valence-electron chi connectivity index (χ3n) is 5.61. The summed E-state index contributed by atoms with van der Waals surface area (Å²) in [6.07, 6.45) is -25.9. The van der Waals surface area contributed by atoms with Crippen molar-refractivity contribution in [2.24, 2.45) is 0 Å². The summed E-state index contributed by atoms with van der Waals surface area (Å²) in [6, 6.07) is 2.64. The van der Waals surface area contributed by atoms with Gasteiger partial charge in [0.15, 0.2) is 0 Å². The van der Waals surface area contributed by atoms with Gasteiger partial charge in [0.1, 0.15) is 0 Å². The third-order valence-corrected chi connectivity index (χ3v) is 5.61. The number of fused-ring (bicyclic) bond motifs is 2. The van der Waals surface area contributed by atoms with Crippen molar-refractivity contribution in [2.75, 3.05) is 11.5 Å². The van der Waals surface area contributed by atoms with Crippen LogP contribution in [0, 0.1) is 0 Å². The number of benzene rings is 3. The SMILES string of the molecule is Nc1ccc2cc3c(N)ccc(C(O)(C(F)(F)F)C(F)(F)F)c3cc2c1C(O)(C(F)(F)F)C(F)(F)F. The van der Waals surface area contributed by atoms with Crippen molar-refractivity contribution in [1.29, 1.82) is 0 Å². The van der Waals surface area contributed by atoms with Crippen molar-refractivity contribution in [3.8, 4) is 0 Å². The molecule has 0 atom stereocenters. The van der Waals surface area contributed by atoms with Gasteiger partial charge in [-0.15, -0.1) is 0 Å². The van der Waals surface area contributed by atoms with Crippen LogP contribution in [0.4, 0.5) is 64.1 Å². The molecule has 0 saturated heterocycles. The van der Waals surface area contributed by atoms with E-state index in [1.807, 2.05) is 0 Å². The van der Waals surface area contributed by atoms with E-state index in [1.54, 1.807) is 0 Å². The van der Waals surface area contributed by atoms with Crippen LogP contribution in [-0.4, -0.2) is 34.9 Å². The van der Waals surface area contributed by atoms with Gasteiger partial charge in [0.25, 0.3) is 11.2 Å². The van der Waals surface area contributed by atoms with Gasteiger partial charge in [-0.2, -0.15) is 52.7 Å². The smallest absolute Gasteiger partial charge is 0.398 e. The summed E-state index contributed by atoms with van der Waals surface area (Å²) < 4.78 is 163. The number of alkyl halides is 12. The quantitative estimate of drug-likeness (QED) is 0.188. The van der Waals surface area contributed by atoms with Crippen LogP contribution in [0.25, 0.3) is 21.5 Å². The molecule has 0 saturated carbocycles. The molecule has 4 nitrogen and oxygen atoms in total. The van der Waals surface area contributed by atoms with Gasteiger partial charge in [-0.25, -0.2) is 0 Å². The first-order valence-corrected chi connectivity index (χ1v) is 9.27. The van der Waals surface area contributed by atoms with E-state index in [1.165, 1.54) is 0 Å². The monoisotopic (exact) mass is 540 g/mol. The summed E-state index contributed by atoms with van der Waals surface area (Å²) in [7, 11) is 0. The number of rotatable bonds is 2. The summed E-state index contributed by atoms with van der Waals surface area (Å²) >= 11 is 0. The lowest BCUT2D eigenvalue weighted by Crippen LogP contribution is -2.54. The van der Waals surface area contributed by atoms with E-state index in [4.69, 9.17) is 11.5 Å². The third kappa shape index (κ3) is 3.65. The summed E-state index contributed by atoms with van der Waals surface area (Å²) in [5.41, 5.74) is -6.31. The second-order valence-corrected chi connectivity index (χ2v) is 7.76. The molecule has 0 amide bonds. The Labute approximate surface area is 191 Å². The van der Waals surface area contributed by atoms with Crippen molar-refractivity contribution in [2.45, 2.75) is 35.9 Å². The molecule has 0 aromatic heterocycles. The van der Waals surface area contributed by atoms with Crippen molar-refractivity contribution in [3.05, 3.63) is 47.5 Å². The van der Waals surface area contributed by atoms with E-state index >= 15 is 0 Å². The molecule has 0 heterocycles. The molecule has 0 aliphatic heterocycles. The van der Waals surface area contributed by atoms with Gasteiger partial charge in [0, 0.05) is 27.9 Å². The number of hydrogen-bond donors (Lipinski definition) is 4. The molecule has 0 aliphatic rings. The van der Waals surface area contributed by atoms with E-state index in [-0.39, 0.29) is 12.1 Å². The van der Waals surface area contributed by atoms with Crippen LogP contribution >= 0.6 is 0 Å². The second kappa shape index (κ2) is 7.68. The Morgan fingerprint density at radius 2 is 0.944 bits per heavy atom. The fraction of sp³-hybridized carbons (Fsp3) is 0.300. The van der Waals surface area contributed by atoms with Gasteiger partial charge in [0.05, 0.1) is 0 Å². The fourth-order valence-corrected chi connectivity index (χ4v) is 3.83. The van der Waals surface area contributed by atoms with Crippen LogP contribution in [0.5, 0.6) is 0 Å². The number of halogens is 12. The molecule has 16 heteroatoms. The zero-order valence-electron chi connectivity index (χ0n) is 17.0. The first-order valence-electron chi connectivity index (χ1n) is 9.27. The molecule has 3 aromatic rings. The predicted molar refractivity (Wildman–Crippen MR) is 102 cm³/mol. The van der Waals surface area contributed by atoms with Gasteiger partial charge in [0.2, 0.25) is 0 Å². The Kier molecular flexibility index (Phi) is 5.85. The van der Waals surface area contributed by atoms with Crippen molar-refractivity contribution < 1.29 is 62.9 Å². The number of hydrogen-bond acceptors (Lipinski definition) is 4. The summed E-state index contributed by atoms with van der Waals surface area (Å²) in [5, 5.41) is 15.8. The highest BCUT2D eigenvalue weighted by molar-refractivity contribution is 6.07. The van der Waals surface area contributed by atoms with Crippen LogP contribution < -0.4 is 11.5 Å². The molecule has 0 bridgehead atoms. The van der Waals surface area contributed by atoms with E-state index in [0.717, 1.165) is 6.07 Å². The maximum Gasteiger partial charge on any atom is 0.430 e. The Morgan fingerprint density at radius 3 is 1.39 bits per heavy atom. The fourth-order valence-electron chi connectivity index (χ4n) is 3.83. The molecule has 0 spiro atoms. The number of nitrogens with two attached hydrogens (primary N) is 2. The maximum atomic E-state index is 13.6. The molecular formula is C20H12F12N2O2. The van der Waals surface area contributed by atoms with Crippen LogP contribution in [0.2, 0.25) is 0 Å². The molecule has 36 heavy (non-hydrogen) atoms. The number of nitrogen functional groups attached to an aromatic ring is 2. The van der Waals surface area contributed by atoms with Crippen molar-refractivity contribution in [1.82, 2.24) is 0 Å². The zero-order chi connectivity index (χ0) is 27.9. The van der Waals surface area contributed by atoms with Crippen molar-refractivity contribution in [3.63, 3.8) is 0 Å². The predicted octanol–water partition coefficient (Wildman–Crippen LogP) is 5.78. The first-order chi connectivity index (χ1) is 16.0. The van der Waals surface area contributed by atoms with E-state index < -0.39 is 80.0 Å². The van der Waals surface area contributed by atoms with Gasteiger partial charge in [-0.3, -0.25) is 0 Å². The summed E-state index contributed by atoms with van der Waals surface area (Å²) in [4.78, 5) is 0. The number of aliphatic hydroxyl groups is 2. The first kappa shape index (κ1) is 27.4. The lowest BCUT2D eigenvalue weighted by molar-refractivity contribution is -0.376. The zero-order valence-corrected chi connectivity index (χ0v) is 17.0. The molecule has 6 N–H and O–H groups in total. The average Bonchev–Trinajstić information content (AvgIpc) is 2.68. The van der Waals surface area contributed by atoms with Crippen LogP contribution in [0.15, 0.2) is 36.4 Å². The summed E-state index contributed by atoms with van der Waals surface area (Å²) in [6.45, 7) is 0. The largest absolute Gasteiger partial charge is 0.430 e. The minimum atomic E-state index is -6.49. The van der Waals surface area contributed by atoms with Crippen LogP contribution in [0.3, 0.4) is 0 Å². The Hall–Kier alpha value is -3.14. The van der Waals surface area contributed by atoms with Gasteiger partial charge < -0.3 is 21.7 Å². The summed E-state index contributed by atoms with van der Waals surface area (Å²) in [5.74, 6) is 0.